The second-order valence-electron chi connectivity index (χ2n) is 4.77. The van der Waals surface area contributed by atoms with E-state index in [4.69, 9.17) is 9.15 Å². The average molecular weight is 274 g/mol. The van der Waals surface area contributed by atoms with E-state index < -0.39 is 0 Å². The van der Waals surface area contributed by atoms with Crippen molar-refractivity contribution in [2.75, 3.05) is 7.11 Å². The number of carbonyl (C=O) groups excluding carboxylic acids is 1. The van der Waals surface area contributed by atoms with Gasteiger partial charge in [0.15, 0.2) is 5.76 Å². The van der Waals surface area contributed by atoms with Crippen LogP contribution in [-0.4, -0.2) is 18.0 Å². The fraction of sp³-hybridized carbons (Fsp3) is 0.333. The molecule has 2 aromatic rings. The van der Waals surface area contributed by atoms with Crippen LogP contribution < -0.4 is 10.1 Å². The topological polar surface area (TPSA) is 64.4 Å². The van der Waals surface area contributed by atoms with E-state index in [0.717, 1.165) is 5.69 Å². The number of nitrogens with one attached hydrogen (secondary N) is 1. The van der Waals surface area contributed by atoms with Crippen molar-refractivity contribution in [1.82, 2.24) is 10.3 Å². The van der Waals surface area contributed by atoms with E-state index in [9.17, 15) is 4.79 Å². The second kappa shape index (κ2) is 6.23. The summed E-state index contributed by atoms with van der Waals surface area (Å²) in [7, 11) is 1.49. The summed E-state index contributed by atoms with van der Waals surface area (Å²) in [5.41, 5.74) is 0.828. The SMILES string of the molecule is COc1ccc(C(=O)N[C@@H](c2ccccn2)C(C)C)o1. The Morgan fingerprint density at radius 1 is 1.30 bits per heavy atom. The molecule has 0 aliphatic heterocycles. The van der Waals surface area contributed by atoms with Crippen LogP contribution in [0.3, 0.4) is 0 Å². The van der Waals surface area contributed by atoms with E-state index in [1.165, 1.54) is 7.11 Å². The number of pyridine rings is 1. The van der Waals surface area contributed by atoms with Gasteiger partial charge in [-0.2, -0.15) is 0 Å². The molecule has 5 heteroatoms. The van der Waals surface area contributed by atoms with Crippen LogP contribution >= 0.6 is 0 Å². The molecule has 0 fully saturated rings. The minimum absolute atomic E-state index is 0.167. The lowest BCUT2D eigenvalue weighted by Crippen LogP contribution is -2.32. The third-order valence-corrected chi connectivity index (χ3v) is 2.97. The van der Waals surface area contributed by atoms with Crippen LogP contribution in [0, 0.1) is 5.92 Å². The molecular weight excluding hydrogens is 256 g/mol. The van der Waals surface area contributed by atoms with Gasteiger partial charge in [0.05, 0.1) is 18.8 Å². The predicted molar refractivity (Wildman–Crippen MR) is 74.5 cm³/mol. The summed E-state index contributed by atoms with van der Waals surface area (Å²) in [5, 5.41) is 2.94. The highest BCUT2D eigenvalue weighted by atomic mass is 16.6. The summed E-state index contributed by atoms with van der Waals surface area (Å²) in [6.45, 7) is 4.06. The molecule has 5 nitrogen and oxygen atoms in total. The number of nitrogens with zero attached hydrogens (tertiary/aromatic N) is 1. The van der Waals surface area contributed by atoms with Gasteiger partial charge in [-0.1, -0.05) is 19.9 Å². The monoisotopic (exact) mass is 274 g/mol. The molecule has 0 saturated carbocycles. The molecule has 0 spiro atoms. The van der Waals surface area contributed by atoms with E-state index in [-0.39, 0.29) is 23.6 Å². The molecule has 20 heavy (non-hydrogen) atoms. The lowest BCUT2D eigenvalue weighted by atomic mass is 10.0. The van der Waals surface area contributed by atoms with E-state index in [2.05, 4.69) is 10.3 Å². The van der Waals surface area contributed by atoms with Crippen LogP contribution in [0.4, 0.5) is 0 Å². The molecule has 0 aliphatic rings. The van der Waals surface area contributed by atoms with Crippen molar-refractivity contribution in [3.63, 3.8) is 0 Å². The Bertz CT molecular complexity index is 564. The lowest BCUT2D eigenvalue weighted by molar-refractivity contribution is 0.0890. The van der Waals surface area contributed by atoms with Crippen LogP contribution in [0.5, 0.6) is 5.95 Å². The molecule has 2 heterocycles. The zero-order valence-corrected chi connectivity index (χ0v) is 11.8. The van der Waals surface area contributed by atoms with Gasteiger partial charge in [0, 0.05) is 12.3 Å². The first kappa shape index (κ1) is 14.1. The number of hydrogen-bond acceptors (Lipinski definition) is 4. The maximum Gasteiger partial charge on any atom is 0.287 e. The Hall–Kier alpha value is -2.30. The van der Waals surface area contributed by atoms with Crippen molar-refractivity contribution in [1.29, 1.82) is 0 Å². The Morgan fingerprint density at radius 2 is 2.10 bits per heavy atom. The van der Waals surface area contributed by atoms with Gasteiger partial charge < -0.3 is 14.5 Å². The third-order valence-electron chi connectivity index (χ3n) is 2.97. The number of amides is 1. The maximum atomic E-state index is 12.2. The van der Waals surface area contributed by atoms with Crippen LogP contribution in [0.15, 0.2) is 40.9 Å². The molecule has 0 saturated heterocycles. The van der Waals surface area contributed by atoms with Gasteiger partial charge in [0.2, 0.25) is 0 Å². The zero-order chi connectivity index (χ0) is 14.5. The van der Waals surface area contributed by atoms with Crippen molar-refractivity contribution in [3.8, 4) is 5.95 Å². The van der Waals surface area contributed by atoms with Gasteiger partial charge in [0.25, 0.3) is 11.9 Å². The van der Waals surface area contributed by atoms with E-state index in [0.29, 0.717) is 5.95 Å². The average Bonchev–Trinajstić information content (AvgIpc) is 2.94. The molecular formula is C15H18N2O3. The molecule has 106 valence electrons. The molecule has 0 aliphatic carbocycles. The molecule has 2 aromatic heterocycles. The fourth-order valence-electron chi connectivity index (χ4n) is 1.91. The van der Waals surface area contributed by atoms with E-state index in [1.807, 2.05) is 32.0 Å². The summed E-state index contributed by atoms with van der Waals surface area (Å²) in [6, 6.07) is 8.68. The molecule has 2 rings (SSSR count). The highest BCUT2D eigenvalue weighted by Gasteiger charge is 2.21. The summed E-state index contributed by atoms with van der Waals surface area (Å²) in [6.07, 6.45) is 1.72. The van der Waals surface area contributed by atoms with Crippen molar-refractivity contribution in [3.05, 3.63) is 48.0 Å². The van der Waals surface area contributed by atoms with Gasteiger partial charge in [-0.25, -0.2) is 0 Å². The highest BCUT2D eigenvalue weighted by molar-refractivity contribution is 5.91. The normalized spacial score (nSPS) is 12.2. The largest absolute Gasteiger partial charge is 0.468 e. The number of aromatic nitrogens is 1. The molecule has 1 N–H and O–H groups in total. The Kier molecular flexibility index (Phi) is 4.40. The predicted octanol–water partition coefficient (Wildman–Crippen LogP) is 2.81. The molecule has 1 atom stereocenters. The van der Waals surface area contributed by atoms with Gasteiger partial charge >= 0.3 is 0 Å². The molecule has 0 unspecified atom stereocenters. The lowest BCUT2D eigenvalue weighted by Gasteiger charge is -2.21. The van der Waals surface area contributed by atoms with Crippen molar-refractivity contribution in [2.24, 2.45) is 5.92 Å². The first-order valence-corrected chi connectivity index (χ1v) is 6.47. The van der Waals surface area contributed by atoms with Gasteiger partial charge in [0.1, 0.15) is 0 Å². The molecule has 0 bridgehead atoms. The van der Waals surface area contributed by atoms with Crippen LogP contribution in [0.25, 0.3) is 0 Å². The summed E-state index contributed by atoms with van der Waals surface area (Å²) in [5.74, 6) is 0.473. The number of rotatable bonds is 5. The van der Waals surface area contributed by atoms with E-state index in [1.54, 1.807) is 18.3 Å². The minimum atomic E-state index is -0.280. The van der Waals surface area contributed by atoms with Gasteiger partial charge in [-0.15, -0.1) is 0 Å². The quantitative estimate of drug-likeness (QED) is 0.910. The van der Waals surface area contributed by atoms with Gasteiger partial charge in [-0.05, 0) is 24.1 Å². The highest BCUT2D eigenvalue weighted by Crippen LogP contribution is 2.21. The molecule has 0 aromatic carbocycles. The van der Waals surface area contributed by atoms with Crippen molar-refractivity contribution >= 4 is 5.91 Å². The fourth-order valence-corrected chi connectivity index (χ4v) is 1.91. The van der Waals surface area contributed by atoms with Crippen LogP contribution in [-0.2, 0) is 0 Å². The number of furan rings is 1. The van der Waals surface area contributed by atoms with E-state index >= 15 is 0 Å². The number of hydrogen-bond donors (Lipinski definition) is 1. The smallest absolute Gasteiger partial charge is 0.287 e. The first-order valence-electron chi connectivity index (χ1n) is 6.47. The zero-order valence-electron chi connectivity index (χ0n) is 11.8. The minimum Gasteiger partial charge on any atom is -0.468 e. The number of ether oxygens (including phenoxy) is 1. The molecule has 1 amide bonds. The maximum absolute atomic E-state index is 12.2. The summed E-state index contributed by atoms with van der Waals surface area (Å²) < 4.78 is 10.2. The first-order chi connectivity index (χ1) is 9.61. The van der Waals surface area contributed by atoms with Crippen LogP contribution in [0.1, 0.15) is 36.1 Å². The van der Waals surface area contributed by atoms with Gasteiger partial charge in [-0.3, -0.25) is 9.78 Å². The number of methoxy groups -OCH3 is 1. The molecule has 0 radical (unpaired) electrons. The second-order valence-corrected chi connectivity index (χ2v) is 4.77. The standard InChI is InChI=1S/C15H18N2O3/c1-10(2)14(11-6-4-5-9-16-11)17-15(18)12-7-8-13(19-3)20-12/h4-10,14H,1-3H3,(H,17,18)/t14-/m1/s1. The number of carbonyl (C=O) groups is 1. The van der Waals surface area contributed by atoms with Crippen molar-refractivity contribution in [2.45, 2.75) is 19.9 Å². The van der Waals surface area contributed by atoms with Crippen molar-refractivity contribution < 1.29 is 13.9 Å². The summed E-state index contributed by atoms with van der Waals surface area (Å²) in [4.78, 5) is 16.5. The third kappa shape index (κ3) is 3.17. The summed E-state index contributed by atoms with van der Waals surface area (Å²) >= 11 is 0. The Morgan fingerprint density at radius 3 is 2.65 bits per heavy atom. The van der Waals surface area contributed by atoms with Crippen LogP contribution in [0.2, 0.25) is 0 Å². The Balaban J connectivity index is 2.14. The Labute approximate surface area is 118 Å².